The van der Waals surface area contributed by atoms with Gasteiger partial charge in [0.1, 0.15) is 54.9 Å². The van der Waals surface area contributed by atoms with Gasteiger partial charge in [-0.3, -0.25) is 4.79 Å². The van der Waals surface area contributed by atoms with Crippen molar-refractivity contribution in [2.45, 2.75) is 318 Å². The van der Waals surface area contributed by atoms with Crippen molar-refractivity contribution < 1.29 is 69.7 Å². The summed E-state index contributed by atoms with van der Waals surface area (Å²) in [6.45, 7) is 2.75. The van der Waals surface area contributed by atoms with Crippen LogP contribution in [0.3, 0.4) is 0 Å². The lowest BCUT2D eigenvalue weighted by atomic mass is 9.98. The normalized spacial score (nSPS) is 26.5. The molecule has 0 unspecified atom stereocenters. The summed E-state index contributed by atoms with van der Waals surface area (Å²) in [6.07, 6.45) is 22.2. The van der Waals surface area contributed by atoms with Gasteiger partial charge in [0.15, 0.2) is 12.6 Å². The fraction of sp³-hybridized carbons (Fsp3) is 0.981. The Morgan fingerprint density at radius 2 is 0.768 bits per heavy atom. The van der Waals surface area contributed by atoms with E-state index in [9.17, 15) is 50.8 Å². The van der Waals surface area contributed by atoms with Gasteiger partial charge in [-0.2, -0.15) is 0 Å². The number of amides is 1. The molecule has 2 aliphatic heterocycles. The van der Waals surface area contributed by atoms with E-state index in [4.69, 9.17) is 18.9 Å². The van der Waals surface area contributed by atoms with Crippen LogP contribution in [0, 0.1) is 0 Å². The van der Waals surface area contributed by atoms with E-state index in [2.05, 4.69) is 19.2 Å². The van der Waals surface area contributed by atoms with Gasteiger partial charge >= 0.3 is 0 Å². The van der Waals surface area contributed by atoms with E-state index in [1.54, 1.807) is 0 Å². The van der Waals surface area contributed by atoms with Crippen LogP contribution in [0.5, 0.6) is 0 Å². The zero-order valence-electron chi connectivity index (χ0n) is 43.4. The van der Waals surface area contributed by atoms with Gasteiger partial charge in [0.2, 0.25) is 5.91 Å². The quantitative estimate of drug-likeness (QED) is 0.0265. The lowest BCUT2D eigenvalue weighted by molar-refractivity contribution is -0.319. The van der Waals surface area contributed by atoms with Crippen LogP contribution in [-0.4, -0.2) is 151 Å². The Balaban J connectivity index is 1.93. The van der Waals surface area contributed by atoms with Gasteiger partial charge in [0, 0.05) is 0 Å². The third-order valence-corrected chi connectivity index (χ3v) is 14.4. The van der Waals surface area contributed by atoms with Gasteiger partial charge in [-0.1, -0.05) is 226 Å². The molecule has 0 radical (unpaired) electrons. The largest absolute Gasteiger partial charge is 0.394 e. The SMILES string of the molecule is CCCCCCCCCCCCCCCCCCCCCC[C@@H](O)C(=O)N[C@@H](CO[C@@H]1O[C@H](CO)[C@H](O)[C@H](O)[C@H]1O)[C@@H](CCCCCCCCCCCCCCC)O[C@@H]1O[C@H](CO)[C@H](O)[C@H](O)[C@H]1O. The lowest BCUT2D eigenvalue weighted by Crippen LogP contribution is -2.62. The van der Waals surface area contributed by atoms with E-state index in [-0.39, 0.29) is 6.42 Å². The van der Waals surface area contributed by atoms with Crippen molar-refractivity contribution in [2.75, 3.05) is 19.8 Å². The summed E-state index contributed by atoms with van der Waals surface area (Å²) in [6, 6.07) is -1.07. The number of hydrogen-bond donors (Lipinski definition) is 10. The van der Waals surface area contributed by atoms with Crippen LogP contribution in [0.2, 0.25) is 0 Å². The molecule has 2 aliphatic rings. The highest BCUT2D eigenvalue weighted by Crippen LogP contribution is 2.28. The molecule has 10 N–H and O–H groups in total. The van der Waals surface area contributed by atoms with Crippen LogP contribution in [0.1, 0.15) is 239 Å². The Labute approximate surface area is 417 Å². The van der Waals surface area contributed by atoms with Crippen molar-refractivity contribution in [1.82, 2.24) is 5.32 Å². The van der Waals surface area contributed by atoms with Crippen LogP contribution in [0.4, 0.5) is 0 Å². The molecule has 69 heavy (non-hydrogen) atoms. The monoisotopic (exact) mass is 992 g/mol. The van der Waals surface area contributed by atoms with Crippen molar-refractivity contribution in [3.8, 4) is 0 Å². The van der Waals surface area contributed by atoms with Crippen molar-refractivity contribution in [3.05, 3.63) is 0 Å². The third kappa shape index (κ3) is 27.7. The van der Waals surface area contributed by atoms with Gasteiger partial charge in [0.05, 0.1) is 32.0 Å². The van der Waals surface area contributed by atoms with Crippen molar-refractivity contribution >= 4 is 5.91 Å². The second kappa shape index (κ2) is 41.3. The first kappa shape index (κ1) is 64.1. The van der Waals surface area contributed by atoms with Crippen molar-refractivity contribution in [2.24, 2.45) is 0 Å². The zero-order valence-corrected chi connectivity index (χ0v) is 43.4. The van der Waals surface area contributed by atoms with Gasteiger partial charge in [-0.05, 0) is 12.8 Å². The molecule has 0 saturated carbocycles. The highest BCUT2D eigenvalue weighted by Gasteiger charge is 2.47. The average molecular weight is 992 g/mol. The van der Waals surface area contributed by atoms with Crippen LogP contribution in [0.15, 0.2) is 0 Å². The lowest BCUT2D eigenvalue weighted by Gasteiger charge is -2.42. The van der Waals surface area contributed by atoms with Crippen LogP contribution < -0.4 is 5.32 Å². The predicted octanol–water partition coefficient (Wildman–Crippen LogP) is 7.53. The number of rotatable bonds is 45. The van der Waals surface area contributed by atoms with Crippen LogP contribution >= 0.6 is 0 Å². The van der Waals surface area contributed by atoms with E-state index in [0.717, 1.165) is 44.9 Å². The van der Waals surface area contributed by atoms with Crippen LogP contribution in [-0.2, 0) is 23.7 Å². The van der Waals surface area contributed by atoms with Gasteiger partial charge in [0.25, 0.3) is 0 Å². The number of nitrogens with one attached hydrogen (secondary N) is 1. The number of carbonyl (C=O) groups is 1. The maximum atomic E-state index is 13.7. The fourth-order valence-electron chi connectivity index (χ4n) is 9.73. The number of ether oxygens (including phenoxy) is 4. The molecule has 2 heterocycles. The first-order chi connectivity index (χ1) is 33.5. The number of carbonyl (C=O) groups excluding carboxylic acids is 1. The minimum absolute atomic E-state index is 0.224. The first-order valence-corrected chi connectivity index (χ1v) is 28.4. The molecular formula is C54H105NO14. The molecule has 15 heteroatoms. The minimum Gasteiger partial charge on any atom is -0.394 e. The number of aliphatic hydroxyl groups excluding tert-OH is 9. The van der Waals surface area contributed by atoms with Gasteiger partial charge in [-0.25, -0.2) is 0 Å². The van der Waals surface area contributed by atoms with E-state index < -0.39 is 105 Å². The maximum absolute atomic E-state index is 13.7. The molecular weight excluding hydrogens is 887 g/mol. The molecule has 2 rings (SSSR count). The third-order valence-electron chi connectivity index (χ3n) is 14.4. The van der Waals surface area contributed by atoms with E-state index >= 15 is 0 Å². The molecule has 0 aromatic carbocycles. The summed E-state index contributed by atoms with van der Waals surface area (Å²) in [5.41, 5.74) is 0. The fourth-order valence-corrected chi connectivity index (χ4v) is 9.73. The first-order valence-electron chi connectivity index (χ1n) is 28.4. The summed E-state index contributed by atoms with van der Waals surface area (Å²) in [7, 11) is 0. The molecule has 0 aliphatic carbocycles. The minimum atomic E-state index is -1.72. The second-order valence-corrected chi connectivity index (χ2v) is 20.6. The Kier molecular flexibility index (Phi) is 38.4. The van der Waals surface area contributed by atoms with E-state index in [1.165, 1.54) is 154 Å². The smallest absolute Gasteiger partial charge is 0.249 e. The molecule has 0 bridgehead atoms. The Hall–Kier alpha value is -1.05. The molecule has 0 aromatic rings. The number of unbranched alkanes of at least 4 members (excludes halogenated alkanes) is 31. The molecule has 410 valence electrons. The second-order valence-electron chi connectivity index (χ2n) is 20.6. The van der Waals surface area contributed by atoms with E-state index in [1.807, 2.05) is 0 Å². The van der Waals surface area contributed by atoms with E-state index in [0.29, 0.717) is 19.3 Å². The van der Waals surface area contributed by atoms with Gasteiger partial charge in [-0.15, -0.1) is 0 Å². The molecule has 2 fully saturated rings. The highest BCUT2D eigenvalue weighted by molar-refractivity contribution is 5.80. The summed E-state index contributed by atoms with van der Waals surface area (Å²) in [4.78, 5) is 13.7. The zero-order chi connectivity index (χ0) is 50.5. The standard InChI is InChI=1S/C54H105NO14/c1-3-5-7-9-11-13-15-17-18-19-20-21-22-23-25-26-28-30-32-34-36-42(58)52(65)55-41(40-66-53-50(63)48(61)46(59)44(38-56)68-53)43(67-54-51(64)49(62)47(60)45(39-57)69-54)37-35-33-31-29-27-24-16-14-12-10-8-6-4-2/h41-51,53-54,56-64H,3-40H2,1-2H3,(H,55,65)/t41-,42+,43+,44+,45+,46-,47-,48-,49-,50+,51+,53+,54+/m0/s1. The average Bonchev–Trinajstić information content (AvgIpc) is 3.35. The molecule has 13 atom stereocenters. The molecule has 15 nitrogen and oxygen atoms in total. The predicted molar refractivity (Wildman–Crippen MR) is 269 cm³/mol. The summed E-state index contributed by atoms with van der Waals surface area (Å²) in [5.74, 6) is -0.692. The molecule has 1 amide bonds. The Bertz CT molecular complexity index is 1190. The van der Waals surface area contributed by atoms with Gasteiger partial charge < -0.3 is 70.2 Å². The highest BCUT2D eigenvalue weighted by atomic mass is 16.7. The summed E-state index contributed by atoms with van der Waals surface area (Å²) < 4.78 is 23.5. The Morgan fingerprint density at radius 1 is 0.449 bits per heavy atom. The molecule has 0 spiro atoms. The summed E-state index contributed by atoms with van der Waals surface area (Å²) >= 11 is 0. The molecule has 2 saturated heterocycles. The number of aliphatic hydroxyl groups is 9. The summed E-state index contributed by atoms with van der Waals surface area (Å²) in [5, 5.41) is 97.1. The number of hydrogen-bond acceptors (Lipinski definition) is 14. The molecule has 0 aromatic heterocycles. The van der Waals surface area contributed by atoms with Crippen LogP contribution in [0.25, 0.3) is 0 Å². The Morgan fingerprint density at radius 3 is 1.13 bits per heavy atom. The van der Waals surface area contributed by atoms with Crippen molar-refractivity contribution in [1.29, 1.82) is 0 Å². The van der Waals surface area contributed by atoms with Crippen molar-refractivity contribution in [3.63, 3.8) is 0 Å². The topological polar surface area (TPSA) is 248 Å². The maximum Gasteiger partial charge on any atom is 0.249 e.